The van der Waals surface area contributed by atoms with Crippen LogP contribution in [-0.2, 0) is 16.4 Å². The van der Waals surface area contributed by atoms with Crippen LogP contribution < -0.4 is 0 Å². The van der Waals surface area contributed by atoms with Crippen LogP contribution in [0.4, 0.5) is 0 Å². The number of fused-ring (bicyclic) bond motifs is 1. The molecule has 3 aromatic carbocycles. The number of hydrogen-bond acceptors (Lipinski definition) is 2. The Morgan fingerprint density at radius 3 is 2.23 bits per heavy atom. The summed E-state index contributed by atoms with van der Waals surface area (Å²) in [6, 6.07) is 23.7. The lowest BCUT2D eigenvalue weighted by molar-refractivity contribution is 0.273. The van der Waals surface area contributed by atoms with Gasteiger partial charge >= 0.3 is 0 Å². The summed E-state index contributed by atoms with van der Waals surface area (Å²) in [5.41, 5.74) is 1.34. The Bertz CT molecular complexity index is 986. The Balaban J connectivity index is 1.51. The van der Waals surface area contributed by atoms with E-state index in [1.165, 1.54) is 5.56 Å². The normalized spacial score (nSPS) is 16.8. The van der Waals surface area contributed by atoms with E-state index in [2.05, 4.69) is 24.3 Å². The van der Waals surface area contributed by atoms with E-state index in [1.807, 2.05) is 42.5 Å². The summed E-state index contributed by atoms with van der Waals surface area (Å²) >= 11 is 0. The molecular formula is C22H23NO2S. The third kappa shape index (κ3) is 3.39. The molecule has 4 rings (SSSR count). The van der Waals surface area contributed by atoms with Crippen molar-refractivity contribution in [2.45, 2.75) is 24.2 Å². The van der Waals surface area contributed by atoms with Crippen molar-refractivity contribution in [1.82, 2.24) is 4.31 Å². The predicted octanol–water partition coefficient (Wildman–Crippen LogP) is 4.48. The first-order valence-corrected chi connectivity index (χ1v) is 10.6. The van der Waals surface area contributed by atoms with Gasteiger partial charge in [0.05, 0.1) is 4.90 Å². The molecule has 4 heteroatoms. The zero-order valence-electron chi connectivity index (χ0n) is 14.7. The first-order chi connectivity index (χ1) is 12.6. The summed E-state index contributed by atoms with van der Waals surface area (Å²) in [6.07, 6.45) is 2.86. The molecular weight excluding hydrogens is 342 g/mol. The van der Waals surface area contributed by atoms with Crippen LogP contribution in [0.5, 0.6) is 0 Å². The quantitative estimate of drug-likeness (QED) is 0.683. The molecule has 0 spiro atoms. The number of hydrogen-bond donors (Lipinski definition) is 0. The third-order valence-corrected chi connectivity index (χ3v) is 7.26. The van der Waals surface area contributed by atoms with Crippen molar-refractivity contribution in [2.75, 3.05) is 13.1 Å². The monoisotopic (exact) mass is 365 g/mol. The minimum atomic E-state index is -3.45. The fourth-order valence-corrected chi connectivity index (χ4v) is 5.54. The van der Waals surface area contributed by atoms with Crippen LogP contribution in [0.2, 0.25) is 0 Å². The molecule has 0 N–H and O–H groups in total. The molecule has 134 valence electrons. The van der Waals surface area contributed by atoms with E-state index in [4.69, 9.17) is 0 Å². The summed E-state index contributed by atoms with van der Waals surface area (Å²) in [5.74, 6) is 0.552. The second-order valence-electron chi connectivity index (χ2n) is 7.01. The highest BCUT2D eigenvalue weighted by Crippen LogP contribution is 2.29. The molecule has 26 heavy (non-hydrogen) atoms. The van der Waals surface area contributed by atoms with Crippen molar-refractivity contribution in [1.29, 1.82) is 0 Å². The fraction of sp³-hybridized carbons (Fsp3) is 0.273. The minimum absolute atomic E-state index is 0.428. The van der Waals surface area contributed by atoms with E-state index in [0.717, 1.165) is 30.0 Å². The van der Waals surface area contributed by atoms with Gasteiger partial charge in [0.1, 0.15) is 0 Å². The van der Waals surface area contributed by atoms with Crippen molar-refractivity contribution in [3.63, 3.8) is 0 Å². The lowest BCUT2D eigenvalue weighted by Gasteiger charge is -2.31. The molecule has 0 aliphatic carbocycles. The summed E-state index contributed by atoms with van der Waals surface area (Å²) in [5, 5.41) is 1.77. The summed E-state index contributed by atoms with van der Waals surface area (Å²) in [7, 11) is -3.45. The molecule has 1 aliphatic rings. The van der Waals surface area contributed by atoms with Crippen molar-refractivity contribution < 1.29 is 8.42 Å². The van der Waals surface area contributed by atoms with Crippen molar-refractivity contribution >= 4 is 20.8 Å². The van der Waals surface area contributed by atoms with Gasteiger partial charge in [0, 0.05) is 18.5 Å². The summed E-state index contributed by atoms with van der Waals surface area (Å²) in [6.45, 7) is 1.20. The maximum Gasteiger partial charge on any atom is 0.243 e. The fourth-order valence-electron chi connectivity index (χ4n) is 3.86. The van der Waals surface area contributed by atoms with E-state index < -0.39 is 10.0 Å². The van der Waals surface area contributed by atoms with Crippen LogP contribution in [0.25, 0.3) is 10.8 Å². The van der Waals surface area contributed by atoms with Gasteiger partial charge in [-0.25, -0.2) is 8.42 Å². The first-order valence-electron chi connectivity index (χ1n) is 9.16. The number of benzene rings is 3. The Hall–Kier alpha value is -2.17. The van der Waals surface area contributed by atoms with Crippen LogP contribution in [0.15, 0.2) is 77.7 Å². The Labute approximate surface area is 155 Å². The minimum Gasteiger partial charge on any atom is -0.207 e. The van der Waals surface area contributed by atoms with Gasteiger partial charge in [0.2, 0.25) is 10.0 Å². The maximum atomic E-state index is 13.2. The second-order valence-corrected chi connectivity index (χ2v) is 8.92. The SMILES string of the molecule is O=S(=O)(c1cccc2ccccc12)N1CCC(Cc2ccccc2)CC1. The van der Waals surface area contributed by atoms with E-state index in [-0.39, 0.29) is 0 Å². The smallest absolute Gasteiger partial charge is 0.207 e. The molecule has 1 saturated heterocycles. The standard InChI is InChI=1S/C22H23NO2S/c24-26(25,22-12-6-10-20-9-4-5-11-21(20)22)23-15-13-19(14-16-23)17-18-7-2-1-3-8-18/h1-12,19H,13-17H2. The average Bonchev–Trinajstić information content (AvgIpc) is 2.69. The first kappa shape index (κ1) is 17.3. The van der Waals surface area contributed by atoms with Crippen LogP contribution in [0.1, 0.15) is 18.4 Å². The molecule has 0 aromatic heterocycles. The maximum absolute atomic E-state index is 13.2. The predicted molar refractivity (Wildman–Crippen MR) is 106 cm³/mol. The molecule has 3 nitrogen and oxygen atoms in total. The van der Waals surface area contributed by atoms with Gasteiger partial charge in [-0.2, -0.15) is 4.31 Å². The summed E-state index contributed by atoms with van der Waals surface area (Å²) in [4.78, 5) is 0.428. The molecule has 1 heterocycles. The lowest BCUT2D eigenvalue weighted by atomic mass is 9.91. The number of rotatable bonds is 4. The van der Waals surface area contributed by atoms with Crippen LogP contribution in [0, 0.1) is 5.92 Å². The topological polar surface area (TPSA) is 37.4 Å². The zero-order valence-corrected chi connectivity index (χ0v) is 15.5. The van der Waals surface area contributed by atoms with E-state index in [0.29, 0.717) is 23.9 Å². The van der Waals surface area contributed by atoms with Crippen LogP contribution in [0.3, 0.4) is 0 Å². The molecule has 1 aliphatic heterocycles. The molecule has 0 amide bonds. The molecule has 0 bridgehead atoms. The Kier molecular flexibility index (Phi) is 4.79. The largest absolute Gasteiger partial charge is 0.243 e. The van der Waals surface area contributed by atoms with Crippen molar-refractivity contribution in [3.8, 4) is 0 Å². The Morgan fingerprint density at radius 1 is 0.808 bits per heavy atom. The highest BCUT2D eigenvalue weighted by Gasteiger charge is 2.30. The number of sulfonamides is 1. The summed E-state index contributed by atoms with van der Waals surface area (Å²) < 4.78 is 28.0. The average molecular weight is 365 g/mol. The Morgan fingerprint density at radius 2 is 1.46 bits per heavy atom. The molecule has 0 unspecified atom stereocenters. The molecule has 0 radical (unpaired) electrons. The molecule has 3 aromatic rings. The van der Waals surface area contributed by atoms with Crippen molar-refractivity contribution in [2.24, 2.45) is 5.92 Å². The molecule has 0 atom stereocenters. The van der Waals surface area contributed by atoms with Crippen LogP contribution in [-0.4, -0.2) is 25.8 Å². The van der Waals surface area contributed by atoms with E-state index in [9.17, 15) is 8.42 Å². The van der Waals surface area contributed by atoms with Gasteiger partial charge in [-0.3, -0.25) is 0 Å². The molecule has 1 fully saturated rings. The lowest BCUT2D eigenvalue weighted by Crippen LogP contribution is -2.38. The van der Waals surface area contributed by atoms with Gasteiger partial charge in [0.25, 0.3) is 0 Å². The van der Waals surface area contributed by atoms with Gasteiger partial charge in [-0.15, -0.1) is 0 Å². The van der Waals surface area contributed by atoms with Crippen molar-refractivity contribution in [3.05, 3.63) is 78.4 Å². The zero-order chi connectivity index (χ0) is 18.0. The third-order valence-electron chi connectivity index (χ3n) is 5.31. The van der Waals surface area contributed by atoms with Gasteiger partial charge in [-0.1, -0.05) is 66.7 Å². The van der Waals surface area contributed by atoms with Gasteiger partial charge < -0.3 is 0 Å². The highest BCUT2D eigenvalue weighted by molar-refractivity contribution is 7.89. The van der Waals surface area contributed by atoms with Gasteiger partial charge in [0.15, 0.2) is 0 Å². The second kappa shape index (κ2) is 7.22. The van der Waals surface area contributed by atoms with E-state index >= 15 is 0 Å². The van der Waals surface area contributed by atoms with Gasteiger partial charge in [-0.05, 0) is 42.2 Å². The number of nitrogens with zero attached hydrogens (tertiary/aromatic N) is 1. The highest BCUT2D eigenvalue weighted by atomic mass is 32.2. The number of piperidine rings is 1. The molecule has 0 saturated carbocycles. The van der Waals surface area contributed by atoms with Crippen LogP contribution >= 0.6 is 0 Å². The van der Waals surface area contributed by atoms with E-state index in [1.54, 1.807) is 10.4 Å².